The molecule has 0 saturated carbocycles. The molecule has 35 heavy (non-hydrogen) atoms. The van der Waals surface area contributed by atoms with Gasteiger partial charge in [-0.15, -0.1) is 0 Å². The quantitative estimate of drug-likeness (QED) is 0.417. The predicted molar refractivity (Wildman–Crippen MR) is 120 cm³/mol. The Morgan fingerprint density at radius 2 is 1.34 bits per heavy atom. The third kappa shape index (κ3) is 5.54. The molecule has 0 spiro atoms. The molecule has 1 atom stereocenters. The van der Waals surface area contributed by atoms with Crippen LogP contribution in [0.15, 0.2) is 77.7 Å². The van der Waals surface area contributed by atoms with Gasteiger partial charge in [-0.2, -0.15) is 13.1 Å². The average molecular weight is 508 g/mol. The summed E-state index contributed by atoms with van der Waals surface area (Å²) < 4.78 is 84.9. The second-order valence-electron chi connectivity index (χ2n) is 8.11. The Kier molecular flexibility index (Phi) is 7.23. The van der Waals surface area contributed by atoms with Gasteiger partial charge in [-0.3, -0.25) is 4.79 Å². The standard InChI is InChI=1S/C25H21F4NO4S/c26-18-5-1-16(2-6-18)24(17-3-7-19(27)8-4-17)23-15-20(31)13-14-30(23)35(32,33)22-11-9-21(10-12-22)34-25(28)29/h1-12,23-25H,13-15H2. The van der Waals surface area contributed by atoms with Crippen LogP contribution in [-0.2, 0) is 14.8 Å². The molecular weight excluding hydrogens is 486 g/mol. The first-order valence-electron chi connectivity index (χ1n) is 10.7. The minimum absolute atomic E-state index is 0.00185. The maximum absolute atomic E-state index is 13.6. The van der Waals surface area contributed by atoms with Crippen LogP contribution in [0.3, 0.4) is 0 Å². The van der Waals surface area contributed by atoms with E-state index in [1.54, 1.807) is 0 Å². The van der Waals surface area contributed by atoms with Crippen LogP contribution in [0.1, 0.15) is 29.9 Å². The number of piperidine rings is 1. The van der Waals surface area contributed by atoms with E-state index in [4.69, 9.17) is 0 Å². The van der Waals surface area contributed by atoms with Gasteiger partial charge in [-0.05, 0) is 59.7 Å². The fourth-order valence-corrected chi connectivity index (χ4v) is 5.96. The highest BCUT2D eigenvalue weighted by atomic mass is 32.2. The zero-order chi connectivity index (χ0) is 25.2. The molecule has 0 bridgehead atoms. The van der Waals surface area contributed by atoms with Gasteiger partial charge in [-0.1, -0.05) is 24.3 Å². The number of carbonyl (C=O) groups is 1. The summed E-state index contributed by atoms with van der Waals surface area (Å²) >= 11 is 0. The normalized spacial score (nSPS) is 17.2. The maximum atomic E-state index is 13.6. The minimum Gasteiger partial charge on any atom is -0.435 e. The number of hydrogen-bond donors (Lipinski definition) is 0. The van der Waals surface area contributed by atoms with Gasteiger partial charge in [-0.25, -0.2) is 17.2 Å². The van der Waals surface area contributed by atoms with E-state index < -0.39 is 40.2 Å². The second-order valence-corrected chi connectivity index (χ2v) is 10.00. The molecule has 0 N–H and O–H groups in total. The second kappa shape index (κ2) is 10.2. The number of sulfonamides is 1. The number of halogens is 4. The lowest BCUT2D eigenvalue weighted by Crippen LogP contribution is -2.49. The number of alkyl halides is 2. The fraction of sp³-hybridized carbons (Fsp3) is 0.240. The topological polar surface area (TPSA) is 63.7 Å². The van der Waals surface area contributed by atoms with Crippen LogP contribution in [0, 0.1) is 11.6 Å². The molecule has 0 amide bonds. The monoisotopic (exact) mass is 507 g/mol. The third-order valence-electron chi connectivity index (χ3n) is 5.92. The fourth-order valence-electron chi connectivity index (χ4n) is 4.33. The molecule has 3 aromatic rings. The van der Waals surface area contributed by atoms with Crippen molar-refractivity contribution in [3.63, 3.8) is 0 Å². The molecule has 4 rings (SSSR count). The molecule has 0 aromatic heterocycles. The smallest absolute Gasteiger partial charge is 0.387 e. The van der Waals surface area contributed by atoms with Crippen LogP contribution in [0.2, 0.25) is 0 Å². The van der Waals surface area contributed by atoms with Crippen LogP contribution in [-0.4, -0.2) is 37.7 Å². The van der Waals surface area contributed by atoms with Crippen molar-refractivity contribution in [2.75, 3.05) is 6.54 Å². The van der Waals surface area contributed by atoms with Crippen molar-refractivity contribution < 1.29 is 35.5 Å². The summed E-state index contributed by atoms with van der Waals surface area (Å²) in [5.41, 5.74) is 1.11. The number of ketones is 1. The van der Waals surface area contributed by atoms with E-state index >= 15 is 0 Å². The van der Waals surface area contributed by atoms with Crippen LogP contribution < -0.4 is 4.74 Å². The predicted octanol–water partition coefficient (Wildman–Crippen LogP) is 5.12. The summed E-state index contributed by atoms with van der Waals surface area (Å²) in [5, 5.41) is 0. The number of hydrogen-bond acceptors (Lipinski definition) is 4. The molecule has 5 nitrogen and oxygen atoms in total. The lowest BCUT2D eigenvalue weighted by atomic mass is 9.81. The molecule has 0 aliphatic carbocycles. The molecule has 1 unspecified atom stereocenters. The molecule has 1 aliphatic heterocycles. The summed E-state index contributed by atoms with van der Waals surface area (Å²) in [6.07, 6.45) is -0.104. The number of benzene rings is 3. The Hall–Kier alpha value is -3.24. The number of ether oxygens (including phenoxy) is 1. The largest absolute Gasteiger partial charge is 0.435 e. The molecule has 1 saturated heterocycles. The zero-order valence-electron chi connectivity index (χ0n) is 18.3. The Bertz CT molecular complexity index is 1240. The number of carbonyl (C=O) groups excluding carboxylic acids is 1. The summed E-state index contributed by atoms with van der Waals surface area (Å²) in [6.45, 7) is -3.15. The highest BCUT2D eigenvalue weighted by Gasteiger charge is 2.41. The van der Waals surface area contributed by atoms with Crippen LogP contribution in [0.5, 0.6) is 5.75 Å². The van der Waals surface area contributed by atoms with Crippen LogP contribution in [0.25, 0.3) is 0 Å². The first-order valence-corrected chi connectivity index (χ1v) is 12.2. The number of rotatable bonds is 7. The van der Waals surface area contributed by atoms with Gasteiger partial charge in [0.15, 0.2) is 0 Å². The van der Waals surface area contributed by atoms with E-state index in [1.165, 1.54) is 52.8 Å². The molecule has 3 aromatic carbocycles. The SMILES string of the molecule is O=C1CCN(S(=O)(=O)c2ccc(OC(F)F)cc2)C(C(c2ccc(F)cc2)c2ccc(F)cc2)C1. The van der Waals surface area contributed by atoms with Gasteiger partial charge in [0.1, 0.15) is 23.2 Å². The minimum atomic E-state index is -4.17. The molecule has 10 heteroatoms. The summed E-state index contributed by atoms with van der Waals surface area (Å²) in [6, 6.07) is 14.6. The molecule has 0 radical (unpaired) electrons. The Morgan fingerprint density at radius 3 is 1.83 bits per heavy atom. The first-order chi connectivity index (χ1) is 16.6. The summed E-state index contributed by atoms with van der Waals surface area (Å²) in [7, 11) is -4.17. The molecule has 1 fully saturated rings. The van der Waals surface area contributed by atoms with Crippen molar-refractivity contribution in [1.82, 2.24) is 4.31 Å². The van der Waals surface area contributed by atoms with Crippen molar-refractivity contribution in [1.29, 1.82) is 0 Å². The maximum Gasteiger partial charge on any atom is 0.387 e. The van der Waals surface area contributed by atoms with E-state index in [0.29, 0.717) is 11.1 Å². The molecule has 184 valence electrons. The van der Waals surface area contributed by atoms with Gasteiger partial charge >= 0.3 is 6.61 Å². The Morgan fingerprint density at radius 1 is 0.829 bits per heavy atom. The summed E-state index contributed by atoms with van der Waals surface area (Å²) in [5.74, 6) is -2.00. The molecule has 1 heterocycles. The summed E-state index contributed by atoms with van der Waals surface area (Å²) in [4.78, 5) is 12.3. The van der Waals surface area contributed by atoms with E-state index in [1.807, 2.05) is 0 Å². The lowest BCUT2D eigenvalue weighted by molar-refractivity contribution is -0.122. The van der Waals surface area contributed by atoms with E-state index in [9.17, 15) is 30.8 Å². The van der Waals surface area contributed by atoms with Crippen LogP contribution >= 0.6 is 0 Å². The average Bonchev–Trinajstić information content (AvgIpc) is 2.82. The van der Waals surface area contributed by atoms with Gasteiger partial charge in [0.05, 0.1) is 4.90 Å². The first kappa shape index (κ1) is 24.9. The highest BCUT2D eigenvalue weighted by Crippen LogP contribution is 2.38. The van der Waals surface area contributed by atoms with E-state index in [2.05, 4.69) is 4.74 Å². The number of nitrogens with zero attached hydrogens (tertiary/aromatic N) is 1. The Labute approximate surface area is 200 Å². The molecular formula is C25H21F4NO4S. The zero-order valence-corrected chi connectivity index (χ0v) is 19.1. The van der Waals surface area contributed by atoms with Gasteiger partial charge in [0.2, 0.25) is 10.0 Å². The van der Waals surface area contributed by atoms with Crippen LogP contribution in [0.4, 0.5) is 17.6 Å². The van der Waals surface area contributed by atoms with Crippen molar-refractivity contribution in [3.8, 4) is 5.75 Å². The van der Waals surface area contributed by atoms with Crippen molar-refractivity contribution in [2.24, 2.45) is 0 Å². The highest BCUT2D eigenvalue weighted by molar-refractivity contribution is 7.89. The Balaban J connectivity index is 1.77. The van der Waals surface area contributed by atoms with Crippen molar-refractivity contribution in [2.45, 2.75) is 36.3 Å². The van der Waals surface area contributed by atoms with Crippen molar-refractivity contribution >= 4 is 15.8 Å². The van der Waals surface area contributed by atoms with Gasteiger partial charge in [0.25, 0.3) is 0 Å². The lowest BCUT2D eigenvalue weighted by Gasteiger charge is -2.39. The van der Waals surface area contributed by atoms with Gasteiger partial charge < -0.3 is 4.74 Å². The van der Waals surface area contributed by atoms with Gasteiger partial charge in [0, 0.05) is 31.3 Å². The third-order valence-corrected chi connectivity index (χ3v) is 7.85. The van der Waals surface area contributed by atoms with E-state index in [0.717, 1.165) is 24.3 Å². The van der Waals surface area contributed by atoms with Crippen molar-refractivity contribution in [3.05, 3.63) is 95.6 Å². The molecule has 1 aliphatic rings. The number of Topliss-reactive ketones (excluding diaryl/α,β-unsaturated/α-hetero) is 1. The van der Waals surface area contributed by atoms with E-state index in [-0.39, 0.29) is 35.8 Å².